The molecule has 22 heavy (non-hydrogen) atoms. The first-order valence-corrected chi connectivity index (χ1v) is 9.07. The zero-order valence-electron chi connectivity index (χ0n) is 14.9. The maximum Gasteiger partial charge on any atom is 0.237 e. The normalized spacial score (nSPS) is 28.5. The molecule has 2 saturated heterocycles. The summed E-state index contributed by atoms with van der Waals surface area (Å²) < 4.78 is 5.75. The molecule has 0 radical (unpaired) electrons. The molecule has 2 rings (SSSR count). The quantitative estimate of drug-likeness (QED) is 0.865. The van der Waals surface area contributed by atoms with Gasteiger partial charge in [0.05, 0.1) is 6.10 Å². The van der Waals surface area contributed by atoms with Gasteiger partial charge in [0.15, 0.2) is 0 Å². The predicted molar refractivity (Wildman–Crippen MR) is 89.3 cm³/mol. The number of rotatable bonds is 4. The third-order valence-corrected chi connectivity index (χ3v) is 5.34. The molecule has 2 aliphatic heterocycles. The number of nitrogens with one attached hydrogen (secondary N) is 1. The van der Waals surface area contributed by atoms with Gasteiger partial charge in [-0.1, -0.05) is 34.1 Å². The lowest BCUT2D eigenvalue weighted by Gasteiger charge is -2.39. The molecule has 2 aliphatic rings. The molecule has 0 aliphatic carbocycles. The topological polar surface area (TPSA) is 41.6 Å². The maximum absolute atomic E-state index is 12.5. The lowest BCUT2D eigenvalue weighted by molar-refractivity contribution is -0.136. The minimum Gasteiger partial charge on any atom is -0.378 e. The van der Waals surface area contributed by atoms with Crippen molar-refractivity contribution in [3.63, 3.8) is 0 Å². The highest BCUT2D eigenvalue weighted by Crippen LogP contribution is 2.34. The van der Waals surface area contributed by atoms with Crippen molar-refractivity contribution in [3.05, 3.63) is 0 Å². The van der Waals surface area contributed by atoms with Crippen LogP contribution in [0.5, 0.6) is 0 Å². The highest BCUT2D eigenvalue weighted by Gasteiger charge is 2.31. The monoisotopic (exact) mass is 310 g/mol. The maximum atomic E-state index is 12.5. The zero-order valence-corrected chi connectivity index (χ0v) is 14.9. The summed E-state index contributed by atoms with van der Waals surface area (Å²) in [7, 11) is 0. The van der Waals surface area contributed by atoms with Crippen LogP contribution in [-0.4, -0.2) is 36.7 Å². The number of hydrogen-bond donors (Lipinski definition) is 1. The first kappa shape index (κ1) is 17.7. The molecule has 0 bridgehead atoms. The lowest BCUT2D eigenvalue weighted by atomic mass is 9.75. The van der Waals surface area contributed by atoms with Gasteiger partial charge in [0.1, 0.15) is 0 Å². The van der Waals surface area contributed by atoms with Crippen molar-refractivity contribution in [1.82, 2.24) is 10.4 Å². The van der Waals surface area contributed by atoms with Gasteiger partial charge in [-0.25, -0.2) is 5.01 Å². The number of hydrogen-bond acceptors (Lipinski definition) is 3. The molecule has 4 nitrogen and oxygen atoms in total. The van der Waals surface area contributed by atoms with E-state index in [1.807, 2.05) is 0 Å². The molecule has 128 valence electrons. The average Bonchev–Trinajstić information content (AvgIpc) is 2.47. The number of hydrazine groups is 1. The predicted octanol–water partition coefficient (Wildman–Crippen LogP) is 3.37. The number of carbonyl (C=O) groups excluding carboxylic acids is 1. The van der Waals surface area contributed by atoms with Gasteiger partial charge in [-0.2, -0.15) is 0 Å². The number of piperidine rings is 1. The molecular weight excluding hydrogens is 276 g/mol. The summed E-state index contributed by atoms with van der Waals surface area (Å²) in [5.74, 6) is 1.10. The van der Waals surface area contributed by atoms with Gasteiger partial charge in [-0.05, 0) is 43.4 Å². The molecule has 1 amide bonds. The van der Waals surface area contributed by atoms with E-state index in [0.717, 1.165) is 51.3 Å². The molecule has 0 saturated carbocycles. The molecule has 2 atom stereocenters. The van der Waals surface area contributed by atoms with Crippen LogP contribution in [-0.2, 0) is 9.53 Å². The summed E-state index contributed by atoms with van der Waals surface area (Å²) in [4.78, 5) is 12.5. The van der Waals surface area contributed by atoms with Gasteiger partial charge in [-0.15, -0.1) is 0 Å². The Morgan fingerprint density at radius 2 is 1.91 bits per heavy atom. The molecule has 4 heteroatoms. The Labute approximate surface area is 135 Å². The number of nitrogens with zero attached hydrogens (tertiary/aromatic N) is 1. The molecule has 0 aromatic rings. The number of amides is 1. The van der Waals surface area contributed by atoms with E-state index in [1.165, 1.54) is 12.8 Å². The molecular formula is C18H34N2O2. The first-order chi connectivity index (χ1) is 10.4. The smallest absolute Gasteiger partial charge is 0.237 e. The lowest BCUT2D eigenvalue weighted by Crippen LogP contribution is -2.50. The van der Waals surface area contributed by atoms with Crippen molar-refractivity contribution in [2.24, 2.45) is 17.3 Å². The summed E-state index contributed by atoms with van der Waals surface area (Å²) in [5, 5.41) is 2.13. The summed E-state index contributed by atoms with van der Waals surface area (Å²) in [6.07, 6.45) is 6.58. The van der Waals surface area contributed by atoms with Crippen molar-refractivity contribution in [2.75, 3.05) is 19.7 Å². The molecule has 0 spiro atoms. The fourth-order valence-corrected chi connectivity index (χ4v) is 3.75. The van der Waals surface area contributed by atoms with Gasteiger partial charge >= 0.3 is 0 Å². The van der Waals surface area contributed by atoms with E-state index in [-0.39, 0.29) is 17.9 Å². The van der Waals surface area contributed by atoms with Crippen molar-refractivity contribution in [1.29, 1.82) is 0 Å². The standard InChI is InChI=1S/C18H34N2O2/c1-5-6-16-13-14(9-12-22-16)17(21)19-20-10-7-15(8-11-20)18(2,3)4/h14-16H,5-13H2,1-4H3,(H,19,21)/t14-,16+/m0/s1. The minimum atomic E-state index is 0.130. The molecule has 0 unspecified atom stereocenters. The second-order valence-corrected chi connectivity index (χ2v) is 8.11. The van der Waals surface area contributed by atoms with Gasteiger partial charge in [0.2, 0.25) is 5.91 Å². The summed E-state index contributed by atoms with van der Waals surface area (Å²) in [6.45, 7) is 11.8. The van der Waals surface area contributed by atoms with Crippen LogP contribution in [0.2, 0.25) is 0 Å². The van der Waals surface area contributed by atoms with E-state index >= 15 is 0 Å². The second kappa shape index (κ2) is 7.78. The fraction of sp³-hybridized carbons (Fsp3) is 0.944. The van der Waals surface area contributed by atoms with Crippen LogP contribution < -0.4 is 5.43 Å². The van der Waals surface area contributed by atoms with Gasteiger partial charge in [0.25, 0.3) is 0 Å². The van der Waals surface area contributed by atoms with Gasteiger partial charge in [-0.3, -0.25) is 10.2 Å². The Bertz CT molecular complexity index is 355. The molecule has 0 aromatic heterocycles. The van der Waals surface area contributed by atoms with Crippen molar-refractivity contribution in [3.8, 4) is 0 Å². The van der Waals surface area contributed by atoms with Crippen LogP contribution in [0.4, 0.5) is 0 Å². The van der Waals surface area contributed by atoms with Crippen molar-refractivity contribution < 1.29 is 9.53 Å². The SMILES string of the molecule is CCC[C@@H]1C[C@@H](C(=O)NN2CCC(C(C)(C)C)CC2)CCO1. The molecule has 2 heterocycles. The summed E-state index contributed by atoms with van der Waals surface area (Å²) in [6, 6.07) is 0. The van der Waals surface area contributed by atoms with E-state index in [1.54, 1.807) is 0 Å². The van der Waals surface area contributed by atoms with Crippen molar-refractivity contribution in [2.45, 2.75) is 72.3 Å². The molecule has 0 aromatic carbocycles. The Morgan fingerprint density at radius 3 is 2.50 bits per heavy atom. The number of ether oxygens (including phenoxy) is 1. The largest absolute Gasteiger partial charge is 0.378 e. The van der Waals surface area contributed by atoms with E-state index in [4.69, 9.17) is 4.74 Å². The Balaban J connectivity index is 1.76. The van der Waals surface area contributed by atoms with Crippen LogP contribution in [0, 0.1) is 17.3 Å². The third kappa shape index (κ3) is 4.95. The van der Waals surface area contributed by atoms with Crippen molar-refractivity contribution >= 4 is 5.91 Å². The third-order valence-electron chi connectivity index (χ3n) is 5.34. The van der Waals surface area contributed by atoms with Gasteiger partial charge < -0.3 is 4.74 Å². The van der Waals surface area contributed by atoms with E-state index < -0.39 is 0 Å². The Kier molecular flexibility index (Phi) is 6.27. The van der Waals surface area contributed by atoms with E-state index in [9.17, 15) is 4.79 Å². The number of carbonyl (C=O) groups is 1. The Morgan fingerprint density at radius 1 is 1.23 bits per heavy atom. The van der Waals surface area contributed by atoms with Crippen LogP contribution in [0.1, 0.15) is 66.2 Å². The second-order valence-electron chi connectivity index (χ2n) is 8.11. The molecule has 1 N–H and O–H groups in total. The first-order valence-electron chi connectivity index (χ1n) is 9.07. The zero-order chi connectivity index (χ0) is 16.2. The minimum absolute atomic E-state index is 0.130. The van der Waals surface area contributed by atoms with E-state index in [0.29, 0.717) is 5.41 Å². The highest BCUT2D eigenvalue weighted by molar-refractivity contribution is 5.78. The Hall–Kier alpha value is -0.610. The van der Waals surface area contributed by atoms with Crippen LogP contribution >= 0.6 is 0 Å². The van der Waals surface area contributed by atoms with Crippen LogP contribution in [0.3, 0.4) is 0 Å². The average molecular weight is 310 g/mol. The summed E-state index contributed by atoms with van der Waals surface area (Å²) in [5.41, 5.74) is 3.54. The highest BCUT2D eigenvalue weighted by atomic mass is 16.5. The van der Waals surface area contributed by atoms with E-state index in [2.05, 4.69) is 38.1 Å². The van der Waals surface area contributed by atoms with Crippen LogP contribution in [0.25, 0.3) is 0 Å². The van der Waals surface area contributed by atoms with Gasteiger partial charge in [0, 0.05) is 25.6 Å². The molecule has 2 fully saturated rings. The van der Waals surface area contributed by atoms with Crippen LogP contribution in [0.15, 0.2) is 0 Å². The summed E-state index contributed by atoms with van der Waals surface area (Å²) >= 11 is 0. The fourth-order valence-electron chi connectivity index (χ4n) is 3.75.